The Labute approximate surface area is 169 Å². The number of nitrogens with one attached hydrogen (secondary N) is 2. The van der Waals surface area contributed by atoms with Gasteiger partial charge in [-0.15, -0.1) is 11.3 Å². The van der Waals surface area contributed by atoms with Crippen LogP contribution in [0.1, 0.15) is 25.8 Å². The lowest BCUT2D eigenvalue weighted by Gasteiger charge is -2.12. The number of amides is 1. The van der Waals surface area contributed by atoms with Gasteiger partial charge in [-0.25, -0.2) is 4.98 Å². The van der Waals surface area contributed by atoms with Crippen LogP contribution in [0.4, 0.5) is 10.8 Å². The van der Waals surface area contributed by atoms with E-state index in [-0.39, 0.29) is 11.9 Å². The van der Waals surface area contributed by atoms with Crippen molar-refractivity contribution in [1.29, 1.82) is 0 Å². The number of carbonyl (C=O) groups is 1. The lowest BCUT2D eigenvalue weighted by molar-refractivity contribution is -0.119. The van der Waals surface area contributed by atoms with E-state index >= 15 is 0 Å². The van der Waals surface area contributed by atoms with Crippen molar-refractivity contribution < 1.29 is 9.53 Å². The average Bonchev–Trinajstić information content (AvgIpc) is 3.15. The van der Waals surface area contributed by atoms with Crippen LogP contribution < -0.4 is 15.4 Å². The Morgan fingerprint density at radius 3 is 2.71 bits per heavy atom. The van der Waals surface area contributed by atoms with Gasteiger partial charge in [-0.1, -0.05) is 30.3 Å². The molecular formula is C22H25N3O2S. The number of rotatable bonds is 8. The Kier molecular flexibility index (Phi) is 6.66. The predicted molar refractivity (Wildman–Crippen MR) is 115 cm³/mol. The zero-order valence-electron chi connectivity index (χ0n) is 16.4. The van der Waals surface area contributed by atoms with Crippen molar-refractivity contribution in [2.24, 2.45) is 0 Å². The number of aryl methyl sites for hydroxylation is 1. The predicted octanol–water partition coefficient (Wildman–Crippen LogP) is 5.02. The molecule has 0 saturated carbocycles. The number of aromatic nitrogens is 1. The summed E-state index contributed by atoms with van der Waals surface area (Å²) in [5.41, 5.74) is 4.25. The molecule has 3 aromatic rings. The Morgan fingerprint density at radius 1 is 1.21 bits per heavy atom. The molecule has 0 aliphatic heterocycles. The molecule has 146 valence electrons. The van der Waals surface area contributed by atoms with Crippen molar-refractivity contribution in [1.82, 2.24) is 10.3 Å². The maximum absolute atomic E-state index is 11.1. The second-order valence-electron chi connectivity index (χ2n) is 6.73. The van der Waals surface area contributed by atoms with Crippen LogP contribution in [0.15, 0.2) is 53.9 Å². The van der Waals surface area contributed by atoms with E-state index in [1.54, 1.807) is 25.4 Å². The summed E-state index contributed by atoms with van der Waals surface area (Å²) in [6.07, 6.45) is 1.85. The summed E-state index contributed by atoms with van der Waals surface area (Å²) in [6, 6.07) is 16.4. The number of ether oxygens (including phenoxy) is 1. The number of anilines is 2. The van der Waals surface area contributed by atoms with E-state index in [0.29, 0.717) is 0 Å². The lowest BCUT2D eigenvalue weighted by atomic mass is 10.0. The van der Waals surface area contributed by atoms with Crippen molar-refractivity contribution in [2.45, 2.75) is 32.7 Å². The van der Waals surface area contributed by atoms with Gasteiger partial charge in [0.25, 0.3) is 0 Å². The molecule has 0 fully saturated rings. The quantitative estimate of drug-likeness (QED) is 0.562. The van der Waals surface area contributed by atoms with Crippen LogP contribution in [0.25, 0.3) is 11.3 Å². The highest BCUT2D eigenvalue weighted by atomic mass is 32.1. The van der Waals surface area contributed by atoms with Crippen LogP contribution in [0.3, 0.4) is 0 Å². The third-order valence-electron chi connectivity index (χ3n) is 4.39. The first kappa shape index (κ1) is 19.9. The molecule has 0 radical (unpaired) electrons. The average molecular weight is 396 g/mol. The van der Waals surface area contributed by atoms with Gasteiger partial charge in [0.15, 0.2) is 5.13 Å². The molecule has 2 N–H and O–H groups in total. The second-order valence-corrected chi connectivity index (χ2v) is 7.59. The summed E-state index contributed by atoms with van der Waals surface area (Å²) in [7, 11) is 1.66. The highest BCUT2D eigenvalue weighted by molar-refractivity contribution is 7.14. The Bertz CT molecular complexity index is 922. The Balaban J connectivity index is 1.60. The number of hydrogen-bond donors (Lipinski definition) is 2. The number of hydrogen-bond acceptors (Lipinski definition) is 5. The molecule has 28 heavy (non-hydrogen) atoms. The summed E-state index contributed by atoms with van der Waals surface area (Å²) in [6.45, 7) is 3.58. The zero-order chi connectivity index (χ0) is 19.9. The van der Waals surface area contributed by atoms with E-state index in [2.05, 4.69) is 45.3 Å². The van der Waals surface area contributed by atoms with Crippen molar-refractivity contribution in [3.8, 4) is 17.0 Å². The molecule has 5 nitrogen and oxygen atoms in total. The Morgan fingerprint density at radius 2 is 2.00 bits per heavy atom. The van der Waals surface area contributed by atoms with E-state index in [0.717, 1.165) is 40.7 Å². The fraction of sp³-hybridized carbons (Fsp3) is 0.273. The highest BCUT2D eigenvalue weighted by Gasteiger charge is 2.07. The summed E-state index contributed by atoms with van der Waals surface area (Å²) >= 11 is 1.57. The van der Waals surface area contributed by atoms with Crippen LogP contribution in [-0.4, -0.2) is 24.0 Å². The van der Waals surface area contributed by atoms with Gasteiger partial charge >= 0.3 is 0 Å². The first-order valence-electron chi connectivity index (χ1n) is 9.26. The van der Waals surface area contributed by atoms with E-state index in [1.165, 1.54) is 5.56 Å². The third-order valence-corrected chi connectivity index (χ3v) is 5.15. The summed E-state index contributed by atoms with van der Waals surface area (Å²) in [5.74, 6) is 0.829. The third kappa shape index (κ3) is 5.57. The van der Waals surface area contributed by atoms with Crippen molar-refractivity contribution >= 4 is 28.1 Å². The molecule has 0 unspecified atom stereocenters. The SMILES string of the molecule is COc1cccc(Nc2nc(-c3ccc(CC[C@@H](C)NC(C)=O)cc3)cs2)c1. The van der Waals surface area contributed by atoms with Gasteiger partial charge in [0, 0.05) is 35.7 Å². The monoisotopic (exact) mass is 395 g/mol. The standard InChI is InChI=1S/C22H25N3O2S/c1-15(23-16(2)26)7-8-17-9-11-18(12-10-17)21-14-28-22(25-21)24-19-5-4-6-20(13-19)27-3/h4-6,9-15H,7-8H2,1-3H3,(H,23,26)(H,24,25)/t15-/m1/s1. The molecule has 0 saturated heterocycles. The molecule has 6 heteroatoms. The van der Waals surface area contributed by atoms with Gasteiger partial charge in [0.05, 0.1) is 12.8 Å². The molecular weight excluding hydrogens is 370 g/mol. The minimum atomic E-state index is 0.0183. The maximum atomic E-state index is 11.1. The zero-order valence-corrected chi connectivity index (χ0v) is 17.2. The molecule has 1 aromatic heterocycles. The van der Waals surface area contributed by atoms with Crippen LogP contribution in [-0.2, 0) is 11.2 Å². The summed E-state index contributed by atoms with van der Waals surface area (Å²) < 4.78 is 5.25. The van der Waals surface area contributed by atoms with Crippen LogP contribution >= 0.6 is 11.3 Å². The number of benzene rings is 2. The molecule has 1 heterocycles. The summed E-state index contributed by atoms with van der Waals surface area (Å²) in [5, 5.41) is 9.13. The first-order chi connectivity index (χ1) is 13.5. The first-order valence-corrected chi connectivity index (χ1v) is 10.1. The van der Waals surface area contributed by atoms with Crippen molar-refractivity contribution in [3.63, 3.8) is 0 Å². The van der Waals surface area contributed by atoms with Gasteiger partial charge in [0.1, 0.15) is 5.75 Å². The molecule has 0 spiro atoms. The van der Waals surface area contributed by atoms with Gasteiger partial charge < -0.3 is 15.4 Å². The van der Waals surface area contributed by atoms with Gasteiger partial charge in [-0.3, -0.25) is 4.79 Å². The smallest absolute Gasteiger partial charge is 0.217 e. The normalized spacial score (nSPS) is 11.7. The molecule has 3 rings (SSSR count). The number of methoxy groups -OCH3 is 1. The molecule has 1 amide bonds. The number of thiazole rings is 1. The minimum absolute atomic E-state index is 0.0183. The highest BCUT2D eigenvalue weighted by Crippen LogP contribution is 2.28. The lowest BCUT2D eigenvalue weighted by Crippen LogP contribution is -2.30. The number of carbonyl (C=O) groups excluding carboxylic acids is 1. The van der Waals surface area contributed by atoms with Crippen molar-refractivity contribution in [2.75, 3.05) is 12.4 Å². The van der Waals surface area contributed by atoms with Gasteiger partial charge in [-0.2, -0.15) is 0 Å². The van der Waals surface area contributed by atoms with Gasteiger partial charge in [0.2, 0.25) is 5.91 Å². The Hall–Kier alpha value is -2.86. The maximum Gasteiger partial charge on any atom is 0.217 e. The van der Waals surface area contributed by atoms with E-state index in [9.17, 15) is 4.79 Å². The number of nitrogens with zero attached hydrogens (tertiary/aromatic N) is 1. The van der Waals surface area contributed by atoms with Crippen LogP contribution in [0, 0.1) is 0 Å². The van der Waals surface area contributed by atoms with E-state index < -0.39 is 0 Å². The van der Waals surface area contributed by atoms with Crippen molar-refractivity contribution in [3.05, 3.63) is 59.5 Å². The molecule has 2 aromatic carbocycles. The van der Waals surface area contributed by atoms with E-state index in [4.69, 9.17) is 4.74 Å². The van der Waals surface area contributed by atoms with Crippen LogP contribution in [0.5, 0.6) is 5.75 Å². The summed E-state index contributed by atoms with van der Waals surface area (Å²) in [4.78, 5) is 15.8. The topological polar surface area (TPSA) is 63.2 Å². The largest absolute Gasteiger partial charge is 0.497 e. The van der Waals surface area contributed by atoms with Crippen LogP contribution in [0.2, 0.25) is 0 Å². The van der Waals surface area contributed by atoms with E-state index in [1.807, 2.05) is 31.2 Å². The second kappa shape index (κ2) is 9.37. The fourth-order valence-electron chi connectivity index (χ4n) is 2.93. The minimum Gasteiger partial charge on any atom is -0.497 e. The molecule has 0 aliphatic rings. The fourth-order valence-corrected chi connectivity index (χ4v) is 3.67. The van der Waals surface area contributed by atoms with Gasteiger partial charge in [-0.05, 0) is 37.5 Å². The molecule has 0 aliphatic carbocycles. The molecule has 1 atom stereocenters. The molecule has 0 bridgehead atoms.